The maximum atomic E-state index is 12.9. The minimum atomic E-state index is -4.73. The van der Waals surface area contributed by atoms with Crippen LogP contribution in [0.5, 0.6) is 5.75 Å². The fraction of sp³-hybridized carbons (Fsp3) is 0.304. The number of fused-ring (bicyclic) bond motifs is 2. The van der Waals surface area contributed by atoms with Crippen LogP contribution in [0.25, 0.3) is 11.0 Å². The van der Waals surface area contributed by atoms with Crippen LogP contribution in [-0.2, 0) is 11.2 Å². The van der Waals surface area contributed by atoms with E-state index in [0.29, 0.717) is 42.7 Å². The smallest absolute Gasteiger partial charge is 0.406 e. The second-order valence-electron chi connectivity index (χ2n) is 8.35. The molecule has 176 valence electrons. The molecule has 2 aliphatic rings. The molecule has 0 spiro atoms. The number of amides is 2. The number of aromatic amines is 1. The molecule has 0 unspecified atom stereocenters. The molecule has 1 N–H and O–H groups in total. The molecule has 8 nitrogen and oxygen atoms in total. The Balaban J connectivity index is 1.15. The summed E-state index contributed by atoms with van der Waals surface area (Å²) >= 11 is 0. The molecule has 1 aromatic heterocycles. The van der Waals surface area contributed by atoms with E-state index in [1.807, 2.05) is 6.20 Å². The summed E-state index contributed by atoms with van der Waals surface area (Å²) in [4.78, 5) is 29.0. The SMILES string of the molecule is O=C(c1ccc2n[nH]nc2c1)N1C=C2CN(C(=O)CCc3ccc(OC(F)(F)F)cc3)C[C@@H]2C1. The van der Waals surface area contributed by atoms with Crippen molar-refractivity contribution in [2.45, 2.75) is 19.2 Å². The molecule has 11 heteroatoms. The first-order valence-corrected chi connectivity index (χ1v) is 10.7. The van der Waals surface area contributed by atoms with Gasteiger partial charge in [-0.1, -0.05) is 12.1 Å². The van der Waals surface area contributed by atoms with Crippen LogP contribution < -0.4 is 4.74 Å². The fourth-order valence-electron chi connectivity index (χ4n) is 4.35. The molecule has 0 bridgehead atoms. The minimum Gasteiger partial charge on any atom is -0.406 e. The summed E-state index contributed by atoms with van der Waals surface area (Å²) in [5, 5.41) is 10.5. The zero-order valence-corrected chi connectivity index (χ0v) is 17.9. The van der Waals surface area contributed by atoms with Crippen molar-refractivity contribution in [1.29, 1.82) is 0 Å². The Kier molecular flexibility index (Phi) is 5.46. The lowest BCUT2D eigenvalue weighted by atomic mass is 10.1. The van der Waals surface area contributed by atoms with Crippen molar-refractivity contribution >= 4 is 22.8 Å². The molecule has 1 atom stereocenters. The molecule has 2 aliphatic heterocycles. The molecule has 3 aromatic rings. The Bertz CT molecular complexity index is 1270. The van der Waals surface area contributed by atoms with Crippen LogP contribution in [0.1, 0.15) is 22.3 Å². The van der Waals surface area contributed by atoms with E-state index in [1.165, 1.54) is 24.3 Å². The summed E-state index contributed by atoms with van der Waals surface area (Å²) in [7, 11) is 0. The third kappa shape index (κ3) is 4.59. The van der Waals surface area contributed by atoms with Gasteiger partial charge in [0.2, 0.25) is 5.91 Å². The molecular formula is C23H20F3N5O3. The van der Waals surface area contributed by atoms with E-state index >= 15 is 0 Å². The number of hydrogen-bond donors (Lipinski definition) is 1. The number of carbonyl (C=O) groups is 2. The summed E-state index contributed by atoms with van der Waals surface area (Å²) in [6.07, 6.45) is -2.24. The number of aromatic nitrogens is 3. The predicted molar refractivity (Wildman–Crippen MR) is 115 cm³/mol. The lowest BCUT2D eigenvalue weighted by Gasteiger charge is -2.20. The number of H-pyrrole nitrogens is 1. The number of aryl methyl sites for hydroxylation is 1. The number of carbonyl (C=O) groups excluding carboxylic acids is 2. The third-order valence-corrected chi connectivity index (χ3v) is 6.04. The Morgan fingerprint density at radius 2 is 1.82 bits per heavy atom. The van der Waals surface area contributed by atoms with Crippen LogP contribution in [0.15, 0.2) is 54.2 Å². The molecule has 34 heavy (non-hydrogen) atoms. The monoisotopic (exact) mass is 471 g/mol. The van der Waals surface area contributed by atoms with Crippen molar-refractivity contribution in [3.05, 3.63) is 65.4 Å². The topological polar surface area (TPSA) is 91.4 Å². The van der Waals surface area contributed by atoms with Crippen LogP contribution in [-0.4, -0.2) is 63.0 Å². The van der Waals surface area contributed by atoms with Gasteiger partial charge < -0.3 is 14.5 Å². The molecule has 1 fully saturated rings. The second kappa shape index (κ2) is 8.47. The molecule has 0 radical (unpaired) electrons. The number of nitrogens with zero attached hydrogens (tertiary/aromatic N) is 4. The first kappa shape index (κ1) is 21.9. The van der Waals surface area contributed by atoms with Gasteiger partial charge in [0, 0.05) is 43.7 Å². The Labute approximate surface area is 192 Å². The molecule has 3 heterocycles. The van der Waals surface area contributed by atoms with Crippen LogP contribution >= 0.6 is 0 Å². The van der Waals surface area contributed by atoms with Crippen molar-refractivity contribution in [3.8, 4) is 5.75 Å². The van der Waals surface area contributed by atoms with Crippen LogP contribution in [0.2, 0.25) is 0 Å². The van der Waals surface area contributed by atoms with Gasteiger partial charge in [0.1, 0.15) is 16.8 Å². The van der Waals surface area contributed by atoms with Crippen molar-refractivity contribution in [2.75, 3.05) is 19.6 Å². The van der Waals surface area contributed by atoms with Gasteiger partial charge in [0.05, 0.1) is 0 Å². The number of ether oxygens (including phenoxy) is 1. The quantitative estimate of drug-likeness (QED) is 0.617. The van der Waals surface area contributed by atoms with Gasteiger partial charge in [-0.3, -0.25) is 9.59 Å². The summed E-state index contributed by atoms with van der Waals surface area (Å²) in [6.45, 7) is 1.51. The number of likely N-dealkylation sites (tertiary alicyclic amines) is 1. The highest BCUT2D eigenvalue weighted by Crippen LogP contribution is 2.31. The van der Waals surface area contributed by atoms with Gasteiger partial charge >= 0.3 is 6.36 Å². The summed E-state index contributed by atoms with van der Waals surface area (Å²) in [5.41, 5.74) is 3.63. The van der Waals surface area contributed by atoms with E-state index in [-0.39, 0.29) is 29.9 Å². The van der Waals surface area contributed by atoms with Gasteiger partial charge in [-0.25, -0.2) is 0 Å². The second-order valence-corrected chi connectivity index (χ2v) is 8.35. The van der Waals surface area contributed by atoms with Crippen molar-refractivity contribution < 1.29 is 27.5 Å². The molecule has 0 aliphatic carbocycles. The van der Waals surface area contributed by atoms with Gasteiger partial charge in [-0.05, 0) is 47.9 Å². The van der Waals surface area contributed by atoms with E-state index in [4.69, 9.17) is 0 Å². The van der Waals surface area contributed by atoms with Crippen molar-refractivity contribution in [1.82, 2.24) is 25.2 Å². The van der Waals surface area contributed by atoms with E-state index in [1.54, 1.807) is 28.0 Å². The highest BCUT2D eigenvalue weighted by molar-refractivity contribution is 5.98. The van der Waals surface area contributed by atoms with Crippen molar-refractivity contribution in [3.63, 3.8) is 0 Å². The van der Waals surface area contributed by atoms with Gasteiger partial charge in [0.15, 0.2) is 0 Å². The lowest BCUT2D eigenvalue weighted by Crippen LogP contribution is -2.33. The Morgan fingerprint density at radius 1 is 1.06 bits per heavy atom. The highest BCUT2D eigenvalue weighted by Gasteiger charge is 2.37. The normalized spacial score (nSPS) is 17.7. The van der Waals surface area contributed by atoms with E-state index in [2.05, 4.69) is 20.1 Å². The third-order valence-electron chi connectivity index (χ3n) is 6.04. The molecule has 1 saturated heterocycles. The zero-order chi connectivity index (χ0) is 23.9. The molecule has 2 amide bonds. The molecule has 5 rings (SSSR count). The largest absolute Gasteiger partial charge is 0.573 e. The van der Waals surface area contributed by atoms with Gasteiger partial charge in [0.25, 0.3) is 5.91 Å². The van der Waals surface area contributed by atoms with Crippen molar-refractivity contribution in [2.24, 2.45) is 5.92 Å². The molecule has 0 saturated carbocycles. The minimum absolute atomic E-state index is 0.0275. The average molecular weight is 471 g/mol. The van der Waals surface area contributed by atoms with E-state index < -0.39 is 6.36 Å². The maximum Gasteiger partial charge on any atom is 0.573 e. The van der Waals surface area contributed by atoms with Crippen LogP contribution in [0.3, 0.4) is 0 Å². The van der Waals surface area contributed by atoms with E-state index in [0.717, 1.165) is 11.1 Å². The first-order valence-electron chi connectivity index (χ1n) is 10.7. The number of alkyl halides is 3. The fourth-order valence-corrected chi connectivity index (χ4v) is 4.35. The molecule has 2 aromatic carbocycles. The number of benzene rings is 2. The van der Waals surface area contributed by atoms with Crippen LogP contribution in [0.4, 0.5) is 13.2 Å². The number of halogens is 3. The number of hydrogen-bond acceptors (Lipinski definition) is 5. The Morgan fingerprint density at radius 3 is 2.56 bits per heavy atom. The highest BCUT2D eigenvalue weighted by atomic mass is 19.4. The van der Waals surface area contributed by atoms with E-state index in [9.17, 15) is 22.8 Å². The molecular weight excluding hydrogens is 451 g/mol. The van der Waals surface area contributed by atoms with Gasteiger partial charge in [-0.2, -0.15) is 15.4 Å². The summed E-state index contributed by atoms with van der Waals surface area (Å²) < 4.78 is 40.6. The summed E-state index contributed by atoms with van der Waals surface area (Å²) in [5.74, 6) is -0.340. The zero-order valence-electron chi connectivity index (χ0n) is 17.9. The number of nitrogens with one attached hydrogen (secondary N) is 1. The number of rotatable bonds is 5. The first-order chi connectivity index (χ1) is 16.2. The standard InChI is InChI=1S/C23H20F3N5O3/c24-23(25,26)34-18-5-1-14(2-6-18)3-8-21(32)30-10-16-12-31(13-17(16)11-30)22(33)15-4-7-19-20(9-15)28-29-27-19/h1-2,4-7,9,12,17H,3,8,10-11,13H2,(H,27,28,29)/t17-/m1/s1. The lowest BCUT2D eigenvalue weighted by molar-refractivity contribution is -0.274. The predicted octanol–water partition coefficient (Wildman–Crippen LogP) is 3.29. The Hall–Kier alpha value is -3.89. The average Bonchev–Trinajstić information content (AvgIpc) is 3.51. The maximum absolute atomic E-state index is 12.9. The van der Waals surface area contributed by atoms with Gasteiger partial charge in [-0.15, -0.1) is 13.2 Å². The summed E-state index contributed by atoms with van der Waals surface area (Å²) in [6, 6.07) is 10.7. The van der Waals surface area contributed by atoms with Crippen LogP contribution in [0, 0.1) is 5.92 Å².